The van der Waals surface area contributed by atoms with Crippen LogP contribution in [0, 0.1) is 0 Å². The van der Waals surface area contributed by atoms with E-state index in [2.05, 4.69) is 4.98 Å². The molecule has 0 spiro atoms. The van der Waals surface area contributed by atoms with Crippen molar-refractivity contribution in [3.05, 3.63) is 54.2 Å². The summed E-state index contributed by atoms with van der Waals surface area (Å²) < 4.78 is 26.8. The number of anilines is 1. The van der Waals surface area contributed by atoms with E-state index in [1.54, 1.807) is 16.5 Å². The topological polar surface area (TPSA) is 43.3 Å². The first-order valence-electron chi connectivity index (χ1n) is 5.78. The van der Waals surface area contributed by atoms with Crippen molar-refractivity contribution in [1.29, 1.82) is 0 Å². The van der Waals surface area contributed by atoms with Gasteiger partial charge in [-0.15, -0.1) is 0 Å². The van der Waals surface area contributed by atoms with Crippen LogP contribution in [-0.4, -0.2) is 9.38 Å². The van der Waals surface area contributed by atoms with Crippen LogP contribution >= 0.6 is 0 Å². The van der Waals surface area contributed by atoms with Gasteiger partial charge in [0.2, 0.25) is 0 Å². The maximum Gasteiger partial charge on any atom is 0.263 e. The van der Waals surface area contributed by atoms with Gasteiger partial charge in [0, 0.05) is 17.3 Å². The fraction of sp³-hybridized carbons (Fsp3) is 0.0714. The Labute approximate surface area is 108 Å². The molecule has 0 saturated carbocycles. The number of hydrogen-bond acceptors (Lipinski definition) is 2. The van der Waals surface area contributed by atoms with Gasteiger partial charge < -0.3 is 5.73 Å². The first-order valence-corrected chi connectivity index (χ1v) is 5.78. The lowest BCUT2D eigenvalue weighted by Crippen LogP contribution is -1.93. The lowest BCUT2D eigenvalue weighted by Gasteiger charge is -2.02. The monoisotopic (exact) mass is 259 g/mol. The third-order valence-electron chi connectivity index (χ3n) is 3.00. The minimum absolute atomic E-state index is 0.00825. The first kappa shape index (κ1) is 11.6. The summed E-state index contributed by atoms with van der Waals surface area (Å²) in [4.78, 5) is 4.41. The summed E-state index contributed by atoms with van der Waals surface area (Å²) in [5.74, 6) is 0.500. The van der Waals surface area contributed by atoms with E-state index >= 15 is 0 Å². The number of fused-ring (bicyclic) bond motifs is 1. The van der Waals surface area contributed by atoms with Gasteiger partial charge in [0.05, 0.1) is 0 Å². The van der Waals surface area contributed by atoms with Gasteiger partial charge in [-0.2, -0.15) is 0 Å². The number of pyridine rings is 1. The van der Waals surface area contributed by atoms with E-state index in [1.165, 1.54) is 12.1 Å². The molecule has 0 saturated heterocycles. The molecule has 3 rings (SSSR count). The van der Waals surface area contributed by atoms with Crippen LogP contribution < -0.4 is 5.73 Å². The van der Waals surface area contributed by atoms with Gasteiger partial charge in [-0.25, -0.2) is 13.8 Å². The van der Waals surface area contributed by atoms with Crippen LogP contribution in [0.15, 0.2) is 48.7 Å². The number of imidazole rings is 1. The zero-order valence-electron chi connectivity index (χ0n) is 9.92. The average Bonchev–Trinajstić information content (AvgIpc) is 2.77. The van der Waals surface area contributed by atoms with Gasteiger partial charge in [0.15, 0.2) is 0 Å². The predicted octanol–water partition coefficient (Wildman–Crippen LogP) is 3.52. The highest BCUT2D eigenvalue weighted by atomic mass is 19.3. The SMILES string of the molecule is Nc1c(-c2ccc(C(F)F)cc2)nc2ccccn12. The summed E-state index contributed by atoms with van der Waals surface area (Å²) in [7, 11) is 0. The van der Waals surface area contributed by atoms with Gasteiger partial charge in [0.1, 0.15) is 17.2 Å². The van der Waals surface area contributed by atoms with Crippen molar-refractivity contribution in [3.8, 4) is 11.3 Å². The van der Waals surface area contributed by atoms with E-state index in [0.29, 0.717) is 11.5 Å². The molecule has 19 heavy (non-hydrogen) atoms. The molecule has 2 N–H and O–H groups in total. The van der Waals surface area contributed by atoms with E-state index in [1.807, 2.05) is 24.4 Å². The highest BCUT2D eigenvalue weighted by molar-refractivity contribution is 5.74. The molecule has 3 nitrogen and oxygen atoms in total. The summed E-state index contributed by atoms with van der Waals surface area (Å²) in [6.45, 7) is 0. The van der Waals surface area contributed by atoms with Crippen molar-refractivity contribution in [1.82, 2.24) is 9.38 Å². The molecule has 0 unspecified atom stereocenters. The highest BCUT2D eigenvalue weighted by Gasteiger charge is 2.12. The minimum atomic E-state index is -2.47. The number of nitrogen functional groups attached to an aromatic ring is 1. The number of halogens is 2. The fourth-order valence-corrected chi connectivity index (χ4v) is 2.01. The number of benzene rings is 1. The summed E-state index contributed by atoms with van der Waals surface area (Å²) in [5, 5.41) is 0. The lowest BCUT2D eigenvalue weighted by molar-refractivity contribution is 0.151. The molecular weight excluding hydrogens is 248 g/mol. The molecular formula is C14H11F2N3. The molecule has 96 valence electrons. The van der Waals surface area contributed by atoms with Crippen LogP contribution in [0.4, 0.5) is 14.6 Å². The van der Waals surface area contributed by atoms with Crippen molar-refractivity contribution in [3.63, 3.8) is 0 Å². The number of aromatic nitrogens is 2. The van der Waals surface area contributed by atoms with Gasteiger partial charge in [0.25, 0.3) is 6.43 Å². The quantitative estimate of drug-likeness (QED) is 0.765. The molecule has 0 aliphatic rings. The molecule has 0 bridgehead atoms. The van der Waals surface area contributed by atoms with Crippen LogP contribution in [0.5, 0.6) is 0 Å². The Morgan fingerprint density at radius 2 is 1.79 bits per heavy atom. The van der Waals surface area contributed by atoms with Crippen molar-refractivity contribution in [2.24, 2.45) is 0 Å². The summed E-state index contributed by atoms with van der Waals surface area (Å²) in [6, 6.07) is 11.6. The maximum absolute atomic E-state index is 12.5. The number of hydrogen-bond donors (Lipinski definition) is 1. The Bertz CT molecular complexity index is 717. The Hall–Kier alpha value is -2.43. The van der Waals surface area contributed by atoms with E-state index in [0.717, 1.165) is 11.2 Å². The molecule has 0 fully saturated rings. The van der Waals surface area contributed by atoms with Crippen LogP contribution in [0.25, 0.3) is 16.9 Å². The largest absolute Gasteiger partial charge is 0.383 e. The van der Waals surface area contributed by atoms with E-state index < -0.39 is 6.43 Å². The molecule has 2 aromatic heterocycles. The number of rotatable bonds is 2. The van der Waals surface area contributed by atoms with Crippen LogP contribution in [0.1, 0.15) is 12.0 Å². The van der Waals surface area contributed by atoms with Gasteiger partial charge in [-0.3, -0.25) is 4.40 Å². The minimum Gasteiger partial charge on any atom is -0.383 e. The smallest absolute Gasteiger partial charge is 0.263 e. The number of nitrogens with two attached hydrogens (primary N) is 1. The second kappa shape index (κ2) is 4.35. The third kappa shape index (κ3) is 1.93. The van der Waals surface area contributed by atoms with Gasteiger partial charge >= 0.3 is 0 Å². The summed E-state index contributed by atoms with van der Waals surface area (Å²) in [5.41, 5.74) is 8.07. The van der Waals surface area contributed by atoms with Gasteiger partial charge in [-0.1, -0.05) is 30.3 Å². The van der Waals surface area contributed by atoms with E-state index in [9.17, 15) is 8.78 Å². The fourth-order valence-electron chi connectivity index (χ4n) is 2.01. The molecule has 0 aliphatic heterocycles. The number of alkyl halides is 2. The van der Waals surface area contributed by atoms with E-state index in [-0.39, 0.29) is 5.56 Å². The molecule has 5 heteroatoms. The lowest BCUT2D eigenvalue weighted by atomic mass is 10.1. The van der Waals surface area contributed by atoms with Crippen molar-refractivity contribution < 1.29 is 8.78 Å². The highest BCUT2D eigenvalue weighted by Crippen LogP contribution is 2.28. The predicted molar refractivity (Wildman–Crippen MR) is 70.0 cm³/mol. The Balaban J connectivity index is 2.11. The zero-order chi connectivity index (χ0) is 13.4. The van der Waals surface area contributed by atoms with Crippen molar-refractivity contribution >= 4 is 11.5 Å². The zero-order valence-corrected chi connectivity index (χ0v) is 9.92. The maximum atomic E-state index is 12.5. The summed E-state index contributed by atoms with van der Waals surface area (Å²) in [6.07, 6.45) is -0.651. The molecule has 3 aromatic rings. The Morgan fingerprint density at radius 1 is 1.05 bits per heavy atom. The normalized spacial score (nSPS) is 11.3. The van der Waals surface area contributed by atoms with Crippen LogP contribution in [0.2, 0.25) is 0 Å². The number of nitrogens with zero attached hydrogens (tertiary/aromatic N) is 2. The van der Waals surface area contributed by atoms with E-state index in [4.69, 9.17) is 5.73 Å². The standard InChI is InChI=1S/C14H11F2N3/c15-13(16)10-6-4-9(5-7-10)12-14(17)19-8-2-1-3-11(19)18-12/h1-8,13H,17H2. The second-order valence-corrected chi connectivity index (χ2v) is 4.20. The Morgan fingerprint density at radius 3 is 2.42 bits per heavy atom. The average molecular weight is 259 g/mol. The van der Waals surface area contributed by atoms with Crippen molar-refractivity contribution in [2.45, 2.75) is 6.43 Å². The molecule has 0 atom stereocenters. The Kier molecular flexibility index (Phi) is 2.67. The first-order chi connectivity index (χ1) is 9.16. The third-order valence-corrected chi connectivity index (χ3v) is 3.00. The molecule has 1 aromatic carbocycles. The molecule has 2 heterocycles. The van der Waals surface area contributed by atoms with Gasteiger partial charge in [-0.05, 0) is 12.1 Å². The summed E-state index contributed by atoms with van der Waals surface area (Å²) >= 11 is 0. The molecule has 0 aliphatic carbocycles. The molecule has 0 amide bonds. The van der Waals surface area contributed by atoms with Crippen molar-refractivity contribution in [2.75, 3.05) is 5.73 Å². The van der Waals surface area contributed by atoms with Crippen LogP contribution in [0.3, 0.4) is 0 Å². The molecule has 0 radical (unpaired) electrons. The second-order valence-electron chi connectivity index (χ2n) is 4.20. The van der Waals surface area contributed by atoms with Crippen LogP contribution in [-0.2, 0) is 0 Å².